The minimum absolute atomic E-state index is 0.0889. The molecule has 0 unspecified atom stereocenters. The second-order valence-electron chi connectivity index (χ2n) is 9.86. The summed E-state index contributed by atoms with van der Waals surface area (Å²) in [5.41, 5.74) is 3.47. The van der Waals surface area contributed by atoms with E-state index in [1.54, 1.807) is 0 Å². The molecule has 1 aromatic rings. The number of carbonyl (C=O) groups is 3. The van der Waals surface area contributed by atoms with Crippen molar-refractivity contribution in [1.82, 2.24) is 16.0 Å². The number of piperidine rings is 1. The summed E-state index contributed by atoms with van der Waals surface area (Å²) in [6.07, 6.45) is 15.3. The van der Waals surface area contributed by atoms with E-state index in [2.05, 4.69) is 28.1 Å². The highest BCUT2D eigenvalue weighted by Gasteiger charge is 2.28. The number of amides is 3. The van der Waals surface area contributed by atoms with Crippen LogP contribution in [-0.2, 0) is 22.6 Å². The molecule has 0 bridgehead atoms. The van der Waals surface area contributed by atoms with Crippen LogP contribution in [0.15, 0.2) is 18.2 Å². The molecular formula is C26H37N3O3. The number of rotatable bonds is 4. The molecule has 2 aliphatic heterocycles. The summed E-state index contributed by atoms with van der Waals surface area (Å²) >= 11 is 0. The molecule has 3 fully saturated rings. The van der Waals surface area contributed by atoms with Gasteiger partial charge in [-0.3, -0.25) is 19.7 Å². The molecule has 3 N–H and O–H groups in total. The number of hydrogen-bond donors (Lipinski definition) is 3. The Morgan fingerprint density at radius 1 is 0.844 bits per heavy atom. The SMILES string of the molecule is O=C1CCCC(=O)N1.O=C1NCc2cc(C[C@H]3CCCC[C@@H]3NC3CCCCC3)ccc21. The molecule has 32 heavy (non-hydrogen) atoms. The zero-order chi connectivity index (χ0) is 22.3. The van der Waals surface area contributed by atoms with E-state index in [4.69, 9.17) is 0 Å². The van der Waals surface area contributed by atoms with Gasteiger partial charge in [0.2, 0.25) is 11.8 Å². The summed E-state index contributed by atoms with van der Waals surface area (Å²) in [7, 11) is 0. The van der Waals surface area contributed by atoms with Gasteiger partial charge in [0.25, 0.3) is 5.91 Å². The number of imide groups is 1. The lowest BCUT2D eigenvalue weighted by molar-refractivity contribution is -0.132. The molecule has 1 saturated heterocycles. The Bertz CT molecular complexity index is 818. The first kappa shape index (κ1) is 23.0. The summed E-state index contributed by atoms with van der Waals surface area (Å²) in [4.78, 5) is 32.4. The van der Waals surface area contributed by atoms with Gasteiger partial charge < -0.3 is 10.6 Å². The van der Waals surface area contributed by atoms with Gasteiger partial charge in [-0.25, -0.2) is 0 Å². The van der Waals surface area contributed by atoms with E-state index >= 15 is 0 Å². The monoisotopic (exact) mass is 439 g/mol. The second-order valence-corrected chi connectivity index (χ2v) is 9.86. The molecule has 3 amide bonds. The average Bonchev–Trinajstić information content (AvgIpc) is 3.16. The Morgan fingerprint density at radius 3 is 2.28 bits per heavy atom. The van der Waals surface area contributed by atoms with Crippen molar-refractivity contribution in [2.75, 3.05) is 0 Å². The van der Waals surface area contributed by atoms with Crippen molar-refractivity contribution >= 4 is 17.7 Å². The van der Waals surface area contributed by atoms with Crippen LogP contribution in [0.3, 0.4) is 0 Å². The third-order valence-electron chi connectivity index (χ3n) is 7.40. The van der Waals surface area contributed by atoms with E-state index in [9.17, 15) is 14.4 Å². The summed E-state index contributed by atoms with van der Waals surface area (Å²) < 4.78 is 0. The first-order valence-electron chi connectivity index (χ1n) is 12.6. The van der Waals surface area contributed by atoms with Crippen molar-refractivity contribution in [3.05, 3.63) is 34.9 Å². The largest absolute Gasteiger partial charge is 0.348 e. The van der Waals surface area contributed by atoms with Crippen LogP contribution in [-0.4, -0.2) is 29.8 Å². The first-order chi connectivity index (χ1) is 15.6. The number of hydrogen-bond acceptors (Lipinski definition) is 4. The highest BCUT2D eigenvalue weighted by Crippen LogP contribution is 2.30. The maximum atomic E-state index is 11.7. The van der Waals surface area contributed by atoms with Gasteiger partial charge in [0.15, 0.2) is 0 Å². The van der Waals surface area contributed by atoms with E-state index in [0.29, 0.717) is 31.8 Å². The smallest absolute Gasteiger partial charge is 0.251 e. The first-order valence-corrected chi connectivity index (χ1v) is 12.6. The van der Waals surface area contributed by atoms with E-state index in [0.717, 1.165) is 23.9 Å². The normalized spacial score (nSPS) is 25.9. The molecule has 174 valence electrons. The Balaban J connectivity index is 0.000000260. The molecule has 1 aromatic carbocycles. The van der Waals surface area contributed by atoms with Crippen LogP contribution in [0.2, 0.25) is 0 Å². The summed E-state index contributed by atoms with van der Waals surface area (Å²) in [6.45, 7) is 0.705. The van der Waals surface area contributed by atoms with Crippen molar-refractivity contribution in [3.8, 4) is 0 Å². The van der Waals surface area contributed by atoms with Crippen LogP contribution in [0.5, 0.6) is 0 Å². The molecular weight excluding hydrogens is 402 g/mol. The van der Waals surface area contributed by atoms with E-state index in [1.165, 1.54) is 68.9 Å². The van der Waals surface area contributed by atoms with E-state index in [-0.39, 0.29) is 17.7 Å². The molecule has 5 rings (SSSR count). The quantitative estimate of drug-likeness (QED) is 0.624. The number of fused-ring (bicyclic) bond motifs is 1. The minimum Gasteiger partial charge on any atom is -0.348 e. The van der Waals surface area contributed by atoms with Crippen LogP contribution < -0.4 is 16.0 Å². The van der Waals surface area contributed by atoms with Crippen LogP contribution in [0.4, 0.5) is 0 Å². The molecule has 0 radical (unpaired) electrons. The standard InChI is InChI=1S/C21H30N2O.C5H7NO2/c24-21-19-11-10-15(13-17(19)14-22-21)12-16-6-4-5-9-20(16)23-18-7-2-1-3-8-18;7-4-2-1-3-5(8)6-4/h10-11,13,16,18,20,23H,1-9,12,14H2,(H,22,24);1-3H2,(H,6,7,8)/t16-,20+;/m1./s1. The Labute approximate surface area is 191 Å². The van der Waals surface area contributed by atoms with Gasteiger partial charge in [0.05, 0.1) is 0 Å². The third kappa shape index (κ3) is 6.18. The Kier molecular flexibility index (Phi) is 7.95. The van der Waals surface area contributed by atoms with Gasteiger partial charge >= 0.3 is 0 Å². The molecule has 2 heterocycles. The molecule has 2 saturated carbocycles. The number of benzene rings is 1. The van der Waals surface area contributed by atoms with Crippen LogP contribution in [0, 0.1) is 5.92 Å². The van der Waals surface area contributed by atoms with Gasteiger partial charge in [-0.2, -0.15) is 0 Å². The zero-order valence-electron chi connectivity index (χ0n) is 19.1. The zero-order valence-corrected chi connectivity index (χ0v) is 19.1. The summed E-state index contributed by atoms with van der Waals surface area (Å²) in [5, 5.41) is 9.15. The fourth-order valence-electron chi connectivity index (χ4n) is 5.65. The average molecular weight is 440 g/mol. The van der Waals surface area contributed by atoms with Gasteiger partial charge in [0, 0.05) is 37.0 Å². The van der Waals surface area contributed by atoms with Crippen LogP contribution in [0.25, 0.3) is 0 Å². The third-order valence-corrected chi connectivity index (χ3v) is 7.40. The lowest BCUT2D eigenvalue weighted by Gasteiger charge is -2.36. The van der Waals surface area contributed by atoms with Crippen molar-refractivity contribution in [2.24, 2.45) is 5.92 Å². The van der Waals surface area contributed by atoms with Crippen LogP contribution in [0.1, 0.15) is 98.5 Å². The molecule has 0 spiro atoms. The van der Waals surface area contributed by atoms with Crippen molar-refractivity contribution < 1.29 is 14.4 Å². The summed E-state index contributed by atoms with van der Waals surface area (Å²) in [5.74, 6) is 0.567. The van der Waals surface area contributed by atoms with Crippen molar-refractivity contribution in [2.45, 2.75) is 102 Å². The van der Waals surface area contributed by atoms with E-state index in [1.807, 2.05) is 6.07 Å². The topological polar surface area (TPSA) is 87.3 Å². The van der Waals surface area contributed by atoms with Crippen LogP contribution >= 0.6 is 0 Å². The van der Waals surface area contributed by atoms with Crippen molar-refractivity contribution in [3.63, 3.8) is 0 Å². The van der Waals surface area contributed by atoms with Crippen molar-refractivity contribution in [1.29, 1.82) is 0 Å². The molecule has 4 aliphatic rings. The Morgan fingerprint density at radius 2 is 1.56 bits per heavy atom. The fraction of sp³-hybridized carbons (Fsp3) is 0.654. The molecule has 6 nitrogen and oxygen atoms in total. The van der Waals surface area contributed by atoms with Gasteiger partial charge in [-0.05, 0) is 61.6 Å². The lowest BCUT2D eigenvalue weighted by atomic mass is 9.79. The molecule has 6 heteroatoms. The lowest BCUT2D eigenvalue weighted by Crippen LogP contribution is -2.45. The predicted octanol–water partition coefficient (Wildman–Crippen LogP) is 3.77. The predicted molar refractivity (Wildman–Crippen MR) is 124 cm³/mol. The maximum Gasteiger partial charge on any atom is 0.251 e. The maximum absolute atomic E-state index is 11.7. The Hall–Kier alpha value is -2.21. The van der Waals surface area contributed by atoms with Gasteiger partial charge in [-0.1, -0.05) is 44.2 Å². The second kappa shape index (κ2) is 11.1. The highest BCUT2D eigenvalue weighted by molar-refractivity contribution is 5.98. The number of carbonyl (C=O) groups excluding carboxylic acids is 3. The van der Waals surface area contributed by atoms with E-state index < -0.39 is 0 Å². The van der Waals surface area contributed by atoms with Gasteiger partial charge in [-0.15, -0.1) is 0 Å². The number of nitrogens with one attached hydrogen (secondary N) is 3. The molecule has 2 aliphatic carbocycles. The highest BCUT2D eigenvalue weighted by atomic mass is 16.2. The summed E-state index contributed by atoms with van der Waals surface area (Å²) in [6, 6.07) is 7.91. The minimum atomic E-state index is -0.138. The molecule has 2 atom stereocenters. The molecule has 0 aromatic heterocycles. The van der Waals surface area contributed by atoms with Gasteiger partial charge in [0.1, 0.15) is 0 Å². The fourth-order valence-corrected chi connectivity index (χ4v) is 5.65.